The molecule has 0 aliphatic heterocycles. The molecule has 3 heteroatoms. The normalized spacial score (nSPS) is 12.6. The number of rotatable bonds is 5. The van der Waals surface area contributed by atoms with Crippen molar-refractivity contribution in [2.75, 3.05) is 11.9 Å². The highest BCUT2D eigenvalue weighted by molar-refractivity contribution is 6.33. The second-order valence-corrected chi connectivity index (χ2v) is 5.74. The number of benzene rings is 2. The Labute approximate surface area is 131 Å². The molecule has 1 N–H and O–H groups in total. The Morgan fingerprint density at radius 1 is 1.10 bits per heavy atom. The summed E-state index contributed by atoms with van der Waals surface area (Å²) < 4.78 is 0. The van der Waals surface area contributed by atoms with E-state index in [1.807, 2.05) is 30.5 Å². The average molecular weight is 301 g/mol. The first-order valence-corrected chi connectivity index (χ1v) is 7.53. The highest BCUT2D eigenvalue weighted by Crippen LogP contribution is 2.20. The molecule has 1 atom stereocenters. The summed E-state index contributed by atoms with van der Waals surface area (Å²) in [5.41, 5.74) is 4.69. The zero-order chi connectivity index (χ0) is 15.2. The standard InChI is InChI=1S/C18H21ClN2/c1-13-7-6-8-14(2)18(13)21-15(3)11-20-12-16-9-4-5-10-17(16)19/h4-10,12,15,21H,11H2,1-3H3. The summed E-state index contributed by atoms with van der Waals surface area (Å²) in [4.78, 5) is 4.49. The molecule has 2 rings (SSSR count). The predicted molar refractivity (Wildman–Crippen MR) is 92.9 cm³/mol. The fourth-order valence-electron chi connectivity index (χ4n) is 2.22. The first-order valence-electron chi connectivity index (χ1n) is 7.15. The minimum atomic E-state index is 0.267. The lowest BCUT2D eigenvalue weighted by Gasteiger charge is -2.17. The van der Waals surface area contributed by atoms with Gasteiger partial charge in [-0.1, -0.05) is 48.0 Å². The number of anilines is 1. The number of halogens is 1. The van der Waals surface area contributed by atoms with E-state index in [0.717, 1.165) is 10.6 Å². The van der Waals surface area contributed by atoms with Crippen LogP contribution in [0.3, 0.4) is 0 Å². The van der Waals surface area contributed by atoms with Crippen LogP contribution < -0.4 is 5.32 Å². The molecule has 0 amide bonds. The van der Waals surface area contributed by atoms with Crippen LogP contribution in [0.5, 0.6) is 0 Å². The van der Waals surface area contributed by atoms with E-state index in [9.17, 15) is 0 Å². The third-order valence-corrected chi connectivity index (χ3v) is 3.73. The SMILES string of the molecule is Cc1cccc(C)c1NC(C)CN=Cc1ccccc1Cl. The van der Waals surface area contributed by atoms with Crippen molar-refractivity contribution in [1.29, 1.82) is 0 Å². The monoisotopic (exact) mass is 300 g/mol. The maximum Gasteiger partial charge on any atom is 0.0588 e. The van der Waals surface area contributed by atoms with Gasteiger partial charge in [-0.25, -0.2) is 0 Å². The predicted octanol–water partition coefficient (Wildman–Crippen LogP) is 4.88. The zero-order valence-electron chi connectivity index (χ0n) is 12.7. The van der Waals surface area contributed by atoms with Crippen LogP contribution in [-0.2, 0) is 0 Å². The van der Waals surface area contributed by atoms with Crippen molar-refractivity contribution >= 4 is 23.5 Å². The van der Waals surface area contributed by atoms with Gasteiger partial charge in [0.15, 0.2) is 0 Å². The number of hydrogen-bond donors (Lipinski definition) is 1. The summed E-state index contributed by atoms with van der Waals surface area (Å²) in [7, 11) is 0. The number of aliphatic imine (C=N–C) groups is 1. The first kappa shape index (κ1) is 15.6. The summed E-state index contributed by atoms with van der Waals surface area (Å²) >= 11 is 6.10. The maximum atomic E-state index is 6.10. The van der Waals surface area contributed by atoms with Crippen molar-refractivity contribution in [3.8, 4) is 0 Å². The molecule has 1 unspecified atom stereocenters. The van der Waals surface area contributed by atoms with Gasteiger partial charge in [0.25, 0.3) is 0 Å². The van der Waals surface area contributed by atoms with E-state index in [1.165, 1.54) is 16.8 Å². The van der Waals surface area contributed by atoms with Crippen LogP contribution in [0.2, 0.25) is 5.02 Å². The largest absolute Gasteiger partial charge is 0.380 e. The van der Waals surface area contributed by atoms with E-state index in [1.54, 1.807) is 0 Å². The van der Waals surface area contributed by atoms with Crippen molar-refractivity contribution in [2.45, 2.75) is 26.8 Å². The van der Waals surface area contributed by atoms with Crippen LogP contribution >= 0.6 is 11.6 Å². The van der Waals surface area contributed by atoms with Gasteiger partial charge in [-0.05, 0) is 38.0 Å². The molecule has 0 aliphatic rings. The van der Waals surface area contributed by atoms with Crippen LogP contribution in [0.4, 0.5) is 5.69 Å². The van der Waals surface area contributed by atoms with Gasteiger partial charge in [-0.15, -0.1) is 0 Å². The molecule has 2 aromatic carbocycles. The summed E-state index contributed by atoms with van der Waals surface area (Å²) in [6.45, 7) is 7.08. The van der Waals surface area contributed by atoms with Gasteiger partial charge in [-0.2, -0.15) is 0 Å². The Hall–Kier alpha value is -1.80. The molecule has 2 nitrogen and oxygen atoms in total. The first-order chi connectivity index (χ1) is 10.1. The molecule has 0 saturated carbocycles. The third kappa shape index (κ3) is 4.33. The lowest BCUT2D eigenvalue weighted by molar-refractivity contribution is 0.805. The topological polar surface area (TPSA) is 24.4 Å². The van der Waals surface area contributed by atoms with Crippen molar-refractivity contribution in [1.82, 2.24) is 0 Å². The van der Waals surface area contributed by atoms with Gasteiger partial charge < -0.3 is 5.32 Å². The zero-order valence-corrected chi connectivity index (χ0v) is 13.5. The van der Waals surface area contributed by atoms with Crippen molar-refractivity contribution in [2.24, 2.45) is 4.99 Å². The van der Waals surface area contributed by atoms with Crippen molar-refractivity contribution in [3.63, 3.8) is 0 Å². The molecule has 0 radical (unpaired) electrons. The molecule has 110 valence electrons. The van der Waals surface area contributed by atoms with E-state index in [0.29, 0.717) is 6.54 Å². The van der Waals surface area contributed by atoms with Gasteiger partial charge in [-0.3, -0.25) is 4.99 Å². The van der Waals surface area contributed by atoms with Gasteiger partial charge in [0.05, 0.1) is 6.54 Å². The highest BCUT2D eigenvalue weighted by atomic mass is 35.5. The lowest BCUT2D eigenvalue weighted by atomic mass is 10.1. The third-order valence-electron chi connectivity index (χ3n) is 3.39. The second-order valence-electron chi connectivity index (χ2n) is 5.33. The molecule has 0 bridgehead atoms. The number of aryl methyl sites for hydroxylation is 2. The van der Waals surface area contributed by atoms with E-state index in [2.05, 4.69) is 49.3 Å². The van der Waals surface area contributed by atoms with E-state index >= 15 is 0 Å². The molecule has 0 spiro atoms. The van der Waals surface area contributed by atoms with Crippen molar-refractivity contribution < 1.29 is 0 Å². The molecule has 21 heavy (non-hydrogen) atoms. The van der Waals surface area contributed by atoms with E-state index < -0.39 is 0 Å². The van der Waals surface area contributed by atoms with Crippen molar-refractivity contribution in [3.05, 3.63) is 64.2 Å². The van der Waals surface area contributed by atoms with Gasteiger partial charge in [0, 0.05) is 28.5 Å². The molecule has 0 aromatic heterocycles. The van der Waals surface area contributed by atoms with Gasteiger partial charge in [0.1, 0.15) is 0 Å². The quantitative estimate of drug-likeness (QED) is 0.782. The highest BCUT2D eigenvalue weighted by Gasteiger charge is 2.05. The summed E-state index contributed by atoms with van der Waals surface area (Å²) in [5, 5.41) is 4.27. The van der Waals surface area contributed by atoms with Crippen LogP contribution in [0.1, 0.15) is 23.6 Å². The number of hydrogen-bond acceptors (Lipinski definition) is 2. The fourth-order valence-corrected chi connectivity index (χ4v) is 2.41. The summed E-state index contributed by atoms with van der Waals surface area (Å²) in [6, 6.07) is 14.3. The molecular formula is C18H21ClN2. The Morgan fingerprint density at radius 2 is 1.76 bits per heavy atom. The Balaban J connectivity index is 1.97. The molecule has 2 aromatic rings. The molecule has 0 saturated heterocycles. The maximum absolute atomic E-state index is 6.10. The van der Waals surface area contributed by atoms with Crippen LogP contribution in [0, 0.1) is 13.8 Å². The lowest BCUT2D eigenvalue weighted by Crippen LogP contribution is -2.20. The Bertz CT molecular complexity index is 615. The van der Waals surface area contributed by atoms with E-state index in [4.69, 9.17) is 11.6 Å². The minimum absolute atomic E-state index is 0.267. The Morgan fingerprint density at radius 3 is 2.43 bits per heavy atom. The Kier molecular flexibility index (Phi) is 5.40. The number of nitrogens with one attached hydrogen (secondary N) is 1. The van der Waals surface area contributed by atoms with Gasteiger partial charge >= 0.3 is 0 Å². The molecule has 0 heterocycles. The summed E-state index contributed by atoms with van der Waals surface area (Å²) in [6.07, 6.45) is 1.84. The van der Waals surface area contributed by atoms with Gasteiger partial charge in [0.2, 0.25) is 0 Å². The van der Waals surface area contributed by atoms with Crippen LogP contribution in [0.25, 0.3) is 0 Å². The molecule has 0 aliphatic carbocycles. The second kappa shape index (κ2) is 7.28. The van der Waals surface area contributed by atoms with Crippen LogP contribution in [0.15, 0.2) is 47.5 Å². The molecule has 0 fully saturated rings. The fraction of sp³-hybridized carbons (Fsp3) is 0.278. The average Bonchev–Trinajstić information content (AvgIpc) is 2.45. The number of para-hydroxylation sites is 1. The van der Waals surface area contributed by atoms with Crippen LogP contribution in [-0.4, -0.2) is 18.8 Å². The minimum Gasteiger partial charge on any atom is -0.380 e. The number of nitrogens with zero attached hydrogens (tertiary/aromatic N) is 1. The smallest absolute Gasteiger partial charge is 0.0588 e. The summed E-state index contributed by atoms with van der Waals surface area (Å²) in [5.74, 6) is 0. The van der Waals surface area contributed by atoms with E-state index in [-0.39, 0.29) is 6.04 Å². The molecular weight excluding hydrogens is 280 g/mol.